The number of hydrogen-bond acceptors (Lipinski definition) is 4. The number of ether oxygens (including phenoxy) is 1. The van der Waals surface area contributed by atoms with Gasteiger partial charge in [0.05, 0.1) is 12.0 Å². The summed E-state index contributed by atoms with van der Waals surface area (Å²) in [5.74, 6) is 1.90. The van der Waals surface area contributed by atoms with E-state index in [4.69, 9.17) is 4.74 Å². The Morgan fingerprint density at radius 3 is 2.83 bits per heavy atom. The van der Waals surface area contributed by atoms with Gasteiger partial charge in [-0.3, -0.25) is 10.1 Å². The average Bonchev–Trinajstić information content (AvgIpc) is 3.05. The number of benzene rings is 1. The molecular weight excluding hydrogens is 232 g/mol. The van der Waals surface area contributed by atoms with Crippen LogP contribution >= 0.6 is 0 Å². The summed E-state index contributed by atoms with van der Waals surface area (Å²) in [6.07, 6.45) is 1.29. The SMILES string of the molecule is COc1ccc(CNCC2CC2C)cc1[N+](=O)[O-]. The zero-order chi connectivity index (χ0) is 13.1. The Morgan fingerprint density at radius 1 is 1.56 bits per heavy atom. The molecule has 1 aliphatic carbocycles. The predicted octanol–water partition coefficient (Wildman–Crippen LogP) is 2.35. The van der Waals surface area contributed by atoms with Crippen LogP contribution in [0.2, 0.25) is 0 Å². The van der Waals surface area contributed by atoms with Gasteiger partial charge in [0.15, 0.2) is 5.75 Å². The normalized spacial score (nSPS) is 21.7. The lowest BCUT2D eigenvalue weighted by Crippen LogP contribution is -2.16. The summed E-state index contributed by atoms with van der Waals surface area (Å²) in [5, 5.41) is 14.2. The highest BCUT2D eigenvalue weighted by Gasteiger charge is 2.31. The van der Waals surface area contributed by atoms with Gasteiger partial charge < -0.3 is 10.1 Å². The van der Waals surface area contributed by atoms with Crippen LogP contribution < -0.4 is 10.1 Å². The van der Waals surface area contributed by atoms with E-state index in [2.05, 4.69) is 12.2 Å². The first-order valence-corrected chi connectivity index (χ1v) is 6.14. The fourth-order valence-electron chi connectivity index (χ4n) is 2.07. The van der Waals surface area contributed by atoms with Crippen molar-refractivity contribution in [1.82, 2.24) is 5.32 Å². The van der Waals surface area contributed by atoms with Crippen molar-refractivity contribution < 1.29 is 9.66 Å². The molecule has 0 heterocycles. The third-order valence-electron chi connectivity index (χ3n) is 3.45. The average molecular weight is 250 g/mol. The highest BCUT2D eigenvalue weighted by Crippen LogP contribution is 2.36. The zero-order valence-electron chi connectivity index (χ0n) is 10.7. The van der Waals surface area contributed by atoms with Gasteiger partial charge in [-0.15, -0.1) is 0 Å². The molecule has 98 valence electrons. The molecule has 18 heavy (non-hydrogen) atoms. The summed E-state index contributed by atoms with van der Waals surface area (Å²) in [6, 6.07) is 5.08. The molecule has 0 radical (unpaired) electrons. The quantitative estimate of drug-likeness (QED) is 0.621. The largest absolute Gasteiger partial charge is 0.490 e. The number of nitro benzene ring substituents is 1. The number of nitrogens with zero attached hydrogens (tertiary/aromatic N) is 1. The Labute approximate surface area is 106 Å². The standard InChI is InChI=1S/C13H18N2O3/c1-9-5-11(9)8-14-7-10-3-4-13(18-2)12(6-10)15(16)17/h3-4,6,9,11,14H,5,7-8H2,1-2H3. The molecule has 1 N–H and O–H groups in total. The van der Waals surface area contributed by atoms with Gasteiger partial charge >= 0.3 is 5.69 Å². The van der Waals surface area contributed by atoms with Crippen LogP contribution in [-0.4, -0.2) is 18.6 Å². The van der Waals surface area contributed by atoms with Crippen molar-refractivity contribution in [3.05, 3.63) is 33.9 Å². The molecule has 0 aromatic heterocycles. The van der Waals surface area contributed by atoms with Crippen LogP contribution in [0.4, 0.5) is 5.69 Å². The van der Waals surface area contributed by atoms with Crippen molar-refractivity contribution in [2.75, 3.05) is 13.7 Å². The van der Waals surface area contributed by atoms with E-state index in [1.54, 1.807) is 12.1 Å². The predicted molar refractivity (Wildman–Crippen MR) is 68.6 cm³/mol. The molecule has 1 fully saturated rings. The van der Waals surface area contributed by atoms with Crippen LogP contribution in [-0.2, 0) is 6.54 Å². The van der Waals surface area contributed by atoms with Gasteiger partial charge in [0.2, 0.25) is 0 Å². The van der Waals surface area contributed by atoms with Crippen molar-refractivity contribution in [3.8, 4) is 5.75 Å². The Kier molecular flexibility index (Phi) is 3.81. The lowest BCUT2D eigenvalue weighted by molar-refractivity contribution is -0.385. The fourth-order valence-corrected chi connectivity index (χ4v) is 2.07. The van der Waals surface area contributed by atoms with Crippen LogP contribution in [0.25, 0.3) is 0 Å². The van der Waals surface area contributed by atoms with E-state index in [9.17, 15) is 10.1 Å². The number of hydrogen-bond donors (Lipinski definition) is 1. The van der Waals surface area contributed by atoms with E-state index in [0.29, 0.717) is 12.3 Å². The van der Waals surface area contributed by atoms with Crippen LogP contribution in [0.1, 0.15) is 18.9 Å². The van der Waals surface area contributed by atoms with Gasteiger partial charge in [-0.05, 0) is 36.4 Å². The minimum absolute atomic E-state index is 0.0246. The van der Waals surface area contributed by atoms with E-state index >= 15 is 0 Å². The van der Waals surface area contributed by atoms with Crippen LogP contribution in [0.15, 0.2) is 18.2 Å². The lowest BCUT2D eigenvalue weighted by atomic mass is 10.2. The van der Waals surface area contributed by atoms with E-state index < -0.39 is 4.92 Å². The second-order valence-corrected chi connectivity index (χ2v) is 4.87. The fraction of sp³-hybridized carbons (Fsp3) is 0.538. The summed E-state index contributed by atoms with van der Waals surface area (Å²) >= 11 is 0. The van der Waals surface area contributed by atoms with E-state index in [0.717, 1.165) is 23.9 Å². The molecule has 1 aliphatic rings. The Morgan fingerprint density at radius 2 is 2.28 bits per heavy atom. The Balaban J connectivity index is 1.95. The molecule has 2 atom stereocenters. The van der Waals surface area contributed by atoms with E-state index in [1.807, 2.05) is 6.07 Å². The molecule has 1 aromatic rings. The van der Waals surface area contributed by atoms with Gasteiger partial charge in [0.1, 0.15) is 0 Å². The summed E-state index contributed by atoms with van der Waals surface area (Å²) in [7, 11) is 1.44. The molecule has 1 saturated carbocycles. The molecule has 0 aliphatic heterocycles. The first kappa shape index (κ1) is 12.8. The molecule has 1 aromatic carbocycles. The summed E-state index contributed by atoms with van der Waals surface area (Å²) in [5.41, 5.74) is 0.937. The Bertz CT molecular complexity index is 448. The first-order chi connectivity index (χ1) is 8.61. The maximum atomic E-state index is 10.9. The van der Waals surface area contributed by atoms with Gasteiger partial charge in [-0.2, -0.15) is 0 Å². The van der Waals surface area contributed by atoms with Crippen LogP contribution in [0.3, 0.4) is 0 Å². The second-order valence-electron chi connectivity index (χ2n) is 4.87. The monoisotopic (exact) mass is 250 g/mol. The molecule has 0 spiro atoms. The first-order valence-electron chi connectivity index (χ1n) is 6.14. The molecule has 0 saturated heterocycles. The second kappa shape index (κ2) is 5.35. The van der Waals surface area contributed by atoms with Crippen molar-refractivity contribution >= 4 is 5.69 Å². The van der Waals surface area contributed by atoms with Gasteiger partial charge in [-0.25, -0.2) is 0 Å². The maximum absolute atomic E-state index is 10.9. The topological polar surface area (TPSA) is 64.4 Å². The number of nitrogens with one attached hydrogen (secondary N) is 1. The van der Waals surface area contributed by atoms with Crippen molar-refractivity contribution in [2.45, 2.75) is 19.9 Å². The molecular formula is C13H18N2O3. The van der Waals surface area contributed by atoms with Crippen LogP contribution in [0, 0.1) is 22.0 Å². The third-order valence-corrected chi connectivity index (χ3v) is 3.45. The lowest BCUT2D eigenvalue weighted by Gasteiger charge is -2.06. The molecule has 5 nitrogen and oxygen atoms in total. The highest BCUT2D eigenvalue weighted by molar-refractivity contribution is 5.48. The number of nitro groups is 1. The van der Waals surface area contributed by atoms with E-state index in [1.165, 1.54) is 13.5 Å². The van der Waals surface area contributed by atoms with Crippen molar-refractivity contribution in [2.24, 2.45) is 11.8 Å². The number of methoxy groups -OCH3 is 1. The summed E-state index contributed by atoms with van der Waals surface area (Å²) in [6.45, 7) is 3.89. The van der Waals surface area contributed by atoms with Crippen LogP contribution in [0.5, 0.6) is 5.75 Å². The minimum Gasteiger partial charge on any atom is -0.490 e. The van der Waals surface area contributed by atoms with E-state index in [-0.39, 0.29) is 5.69 Å². The van der Waals surface area contributed by atoms with Crippen molar-refractivity contribution in [1.29, 1.82) is 0 Å². The third kappa shape index (κ3) is 2.98. The minimum atomic E-state index is -0.411. The van der Waals surface area contributed by atoms with Crippen molar-refractivity contribution in [3.63, 3.8) is 0 Å². The smallest absolute Gasteiger partial charge is 0.311 e. The highest BCUT2D eigenvalue weighted by atomic mass is 16.6. The maximum Gasteiger partial charge on any atom is 0.311 e. The van der Waals surface area contributed by atoms with Gasteiger partial charge in [0, 0.05) is 12.6 Å². The van der Waals surface area contributed by atoms with Gasteiger partial charge in [0.25, 0.3) is 0 Å². The number of rotatable bonds is 6. The van der Waals surface area contributed by atoms with Gasteiger partial charge in [-0.1, -0.05) is 13.0 Å². The molecule has 2 rings (SSSR count). The summed E-state index contributed by atoms with van der Waals surface area (Å²) in [4.78, 5) is 10.5. The summed E-state index contributed by atoms with van der Waals surface area (Å²) < 4.78 is 4.97. The molecule has 0 amide bonds. The molecule has 5 heteroatoms. The zero-order valence-corrected chi connectivity index (χ0v) is 10.7. The molecule has 2 unspecified atom stereocenters. The molecule has 0 bridgehead atoms. The Hall–Kier alpha value is -1.62.